The number of piperidine rings is 1. The molecule has 1 amide bonds. The van der Waals surface area contributed by atoms with Crippen molar-refractivity contribution < 1.29 is 4.79 Å². The molecule has 0 spiro atoms. The van der Waals surface area contributed by atoms with Gasteiger partial charge in [0.1, 0.15) is 0 Å². The molecule has 0 saturated carbocycles. The fourth-order valence-corrected chi connectivity index (χ4v) is 4.07. The van der Waals surface area contributed by atoms with Gasteiger partial charge in [-0.25, -0.2) is 0 Å². The Labute approximate surface area is 107 Å². The van der Waals surface area contributed by atoms with Crippen molar-refractivity contribution in [2.45, 2.75) is 25.3 Å². The molecule has 1 aliphatic heterocycles. The number of allylic oxidation sites excluding steroid dienone is 1. The molecule has 4 atom stereocenters. The van der Waals surface area contributed by atoms with Crippen LogP contribution in [0.4, 0.5) is 0 Å². The normalized spacial score (nSPS) is 36.6. The Hall–Kier alpha value is -1.57. The first-order chi connectivity index (χ1) is 8.84. The second-order valence-corrected chi connectivity index (χ2v) is 5.75. The van der Waals surface area contributed by atoms with Gasteiger partial charge in [-0.2, -0.15) is 0 Å². The maximum Gasteiger partial charge on any atom is 0.227 e. The summed E-state index contributed by atoms with van der Waals surface area (Å²) >= 11 is 0. The molecule has 92 valence electrons. The number of carbonyl (C=O) groups is 1. The third-order valence-corrected chi connectivity index (χ3v) is 4.90. The summed E-state index contributed by atoms with van der Waals surface area (Å²) in [6, 6.07) is 8.85. The lowest BCUT2D eigenvalue weighted by Crippen LogP contribution is -2.48. The minimum Gasteiger partial charge on any atom is -0.348 e. The molecule has 0 radical (unpaired) electrons. The molecule has 1 N–H and O–H groups in total. The van der Waals surface area contributed by atoms with Crippen molar-refractivity contribution in [3.63, 3.8) is 0 Å². The predicted octanol–water partition coefficient (Wildman–Crippen LogP) is 2.61. The molecule has 2 heteroatoms. The van der Waals surface area contributed by atoms with Crippen LogP contribution in [-0.2, 0) is 11.2 Å². The highest BCUT2D eigenvalue weighted by molar-refractivity contribution is 5.82. The molecular weight excluding hydrogens is 222 g/mol. The molecule has 4 rings (SSSR count). The summed E-state index contributed by atoms with van der Waals surface area (Å²) in [4.78, 5) is 12.2. The molecule has 4 unspecified atom stereocenters. The molecule has 1 heterocycles. The van der Waals surface area contributed by atoms with Crippen LogP contribution in [0.1, 0.15) is 30.0 Å². The van der Waals surface area contributed by atoms with Gasteiger partial charge in [-0.3, -0.25) is 4.79 Å². The van der Waals surface area contributed by atoms with Crippen molar-refractivity contribution in [3.05, 3.63) is 47.5 Å². The lowest BCUT2D eigenvalue weighted by molar-refractivity contribution is -0.130. The van der Waals surface area contributed by atoms with Gasteiger partial charge in [-0.05, 0) is 42.2 Å². The summed E-state index contributed by atoms with van der Waals surface area (Å²) < 4.78 is 0. The van der Waals surface area contributed by atoms with Crippen molar-refractivity contribution >= 4 is 5.91 Å². The molecule has 2 aliphatic carbocycles. The molecule has 0 aromatic heterocycles. The second kappa shape index (κ2) is 3.71. The van der Waals surface area contributed by atoms with Gasteiger partial charge in [-0.15, -0.1) is 0 Å². The van der Waals surface area contributed by atoms with Crippen LogP contribution in [-0.4, -0.2) is 5.91 Å². The van der Waals surface area contributed by atoms with Crippen LogP contribution in [0.25, 0.3) is 0 Å². The Morgan fingerprint density at radius 3 is 3.00 bits per heavy atom. The SMILES string of the molecule is O=C1NC2c3ccccc3CC2C2CCC=CC12. The lowest BCUT2D eigenvalue weighted by atomic mass is 9.70. The summed E-state index contributed by atoms with van der Waals surface area (Å²) in [6.07, 6.45) is 7.74. The van der Waals surface area contributed by atoms with E-state index in [0.29, 0.717) is 11.8 Å². The minimum atomic E-state index is 0.120. The van der Waals surface area contributed by atoms with Crippen molar-refractivity contribution in [2.24, 2.45) is 17.8 Å². The van der Waals surface area contributed by atoms with E-state index in [1.165, 1.54) is 17.5 Å². The number of hydrogen-bond acceptors (Lipinski definition) is 1. The van der Waals surface area contributed by atoms with Crippen molar-refractivity contribution in [1.29, 1.82) is 0 Å². The zero-order valence-corrected chi connectivity index (χ0v) is 10.3. The first-order valence-corrected chi connectivity index (χ1v) is 6.89. The summed E-state index contributed by atoms with van der Waals surface area (Å²) in [5, 5.41) is 3.24. The van der Waals surface area contributed by atoms with Gasteiger partial charge in [0.2, 0.25) is 5.91 Å². The number of carbonyl (C=O) groups excluding carboxylic acids is 1. The zero-order valence-electron chi connectivity index (χ0n) is 10.3. The maximum atomic E-state index is 12.2. The Kier molecular flexibility index (Phi) is 2.14. The van der Waals surface area contributed by atoms with Crippen LogP contribution in [0.2, 0.25) is 0 Å². The molecule has 18 heavy (non-hydrogen) atoms. The van der Waals surface area contributed by atoms with Crippen LogP contribution >= 0.6 is 0 Å². The number of fused-ring (bicyclic) bond motifs is 5. The van der Waals surface area contributed by atoms with E-state index in [4.69, 9.17) is 0 Å². The van der Waals surface area contributed by atoms with Crippen molar-refractivity contribution in [2.75, 3.05) is 0 Å². The average Bonchev–Trinajstić information content (AvgIpc) is 2.78. The lowest BCUT2D eigenvalue weighted by Gasteiger charge is -2.40. The Morgan fingerprint density at radius 1 is 1.17 bits per heavy atom. The first-order valence-electron chi connectivity index (χ1n) is 6.89. The molecule has 1 fully saturated rings. The van der Waals surface area contributed by atoms with E-state index in [1.54, 1.807) is 0 Å². The average molecular weight is 239 g/mol. The number of rotatable bonds is 0. The van der Waals surface area contributed by atoms with Gasteiger partial charge in [0.25, 0.3) is 0 Å². The highest BCUT2D eigenvalue weighted by atomic mass is 16.2. The van der Waals surface area contributed by atoms with E-state index in [1.807, 2.05) is 0 Å². The van der Waals surface area contributed by atoms with Gasteiger partial charge < -0.3 is 5.32 Å². The van der Waals surface area contributed by atoms with E-state index in [-0.39, 0.29) is 17.9 Å². The third kappa shape index (κ3) is 1.32. The van der Waals surface area contributed by atoms with Crippen molar-refractivity contribution in [3.8, 4) is 0 Å². The van der Waals surface area contributed by atoms with Crippen LogP contribution in [0.15, 0.2) is 36.4 Å². The van der Waals surface area contributed by atoms with Gasteiger partial charge in [0.15, 0.2) is 0 Å². The van der Waals surface area contributed by atoms with E-state index in [2.05, 4.69) is 41.7 Å². The topological polar surface area (TPSA) is 29.1 Å². The summed E-state index contributed by atoms with van der Waals surface area (Å²) in [6.45, 7) is 0. The second-order valence-electron chi connectivity index (χ2n) is 5.75. The summed E-state index contributed by atoms with van der Waals surface area (Å²) in [7, 11) is 0. The monoisotopic (exact) mass is 239 g/mol. The fourth-order valence-electron chi connectivity index (χ4n) is 4.07. The molecule has 2 nitrogen and oxygen atoms in total. The van der Waals surface area contributed by atoms with E-state index >= 15 is 0 Å². The molecule has 1 aromatic rings. The van der Waals surface area contributed by atoms with Gasteiger partial charge >= 0.3 is 0 Å². The minimum absolute atomic E-state index is 0.120. The van der Waals surface area contributed by atoms with Gasteiger partial charge in [0.05, 0.1) is 12.0 Å². The predicted molar refractivity (Wildman–Crippen MR) is 69.9 cm³/mol. The molecule has 1 saturated heterocycles. The Bertz CT molecular complexity index is 534. The smallest absolute Gasteiger partial charge is 0.227 e. The first kappa shape index (κ1) is 10.4. The highest BCUT2D eigenvalue weighted by Gasteiger charge is 2.47. The quantitative estimate of drug-likeness (QED) is 0.693. The molecule has 1 aromatic carbocycles. The molecular formula is C16H17NO. The van der Waals surface area contributed by atoms with Crippen LogP contribution < -0.4 is 5.32 Å². The summed E-state index contributed by atoms with van der Waals surface area (Å²) in [5.74, 6) is 1.50. The third-order valence-electron chi connectivity index (χ3n) is 4.90. The number of nitrogens with one attached hydrogen (secondary N) is 1. The van der Waals surface area contributed by atoms with E-state index < -0.39 is 0 Å². The van der Waals surface area contributed by atoms with Crippen LogP contribution in [0, 0.1) is 17.8 Å². The van der Waals surface area contributed by atoms with Crippen LogP contribution in [0.3, 0.4) is 0 Å². The Balaban J connectivity index is 1.76. The number of benzene rings is 1. The largest absolute Gasteiger partial charge is 0.348 e. The fraction of sp³-hybridized carbons (Fsp3) is 0.438. The van der Waals surface area contributed by atoms with Crippen molar-refractivity contribution in [1.82, 2.24) is 5.32 Å². The standard InChI is InChI=1S/C16H17NO/c18-16-13-8-4-3-7-12(13)14-9-10-5-1-2-6-11(10)15(14)17-16/h1-2,4-6,8,12-15H,3,7,9H2,(H,17,18). The number of amides is 1. The maximum absolute atomic E-state index is 12.2. The summed E-state index contributed by atoms with van der Waals surface area (Å²) in [5.41, 5.74) is 2.78. The Morgan fingerprint density at radius 2 is 2.06 bits per heavy atom. The molecule has 3 aliphatic rings. The van der Waals surface area contributed by atoms with Crippen LogP contribution in [0.5, 0.6) is 0 Å². The van der Waals surface area contributed by atoms with E-state index in [0.717, 1.165) is 12.8 Å². The molecule has 0 bridgehead atoms. The zero-order chi connectivity index (χ0) is 12.1. The van der Waals surface area contributed by atoms with Gasteiger partial charge in [0, 0.05) is 0 Å². The van der Waals surface area contributed by atoms with Gasteiger partial charge in [-0.1, -0.05) is 36.4 Å². The van der Waals surface area contributed by atoms with E-state index in [9.17, 15) is 4.79 Å². The highest BCUT2D eigenvalue weighted by Crippen LogP contribution is 2.48. The number of hydrogen-bond donors (Lipinski definition) is 1.